The molecule has 2 saturated heterocycles. The van der Waals surface area contributed by atoms with E-state index in [9.17, 15) is 0 Å². The molecule has 2 fully saturated rings. The highest BCUT2D eigenvalue weighted by molar-refractivity contribution is 14.0. The van der Waals surface area contributed by atoms with Crippen LogP contribution in [-0.2, 0) is 4.74 Å². The predicted octanol–water partition coefficient (Wildman–Crippen LogP) is 1.76. The molecular weight excluding hydrogens is 429 g/mol. The van der Waals surface area contributed by atoms with E-state index in [1.54, 1.807) is 0 Å². The first-order valence-corrected chi connectivity index (χ1v) is 9.68. The van der Waals surface area contributed by atoms with Gasteiger partial charge < -0.3 is 25.2 Å². The molecule has 1 atom stereocenters. The van der Waals surface area contributed by atoms with Gasteiger partial charge in [-0.2, -0.15) is 0 Å². The molecule has 2 aliphatic heterocycles. The Morgan fingerprint density at radius 2 is 1.92 bits per heavy atom. The number of rotatable bonds is 8. The van der Waals surface area contributed by atoms with Crippen LogP contribution >= 0.6 is 24.0 Å². The molecule has 0 aromatic heterocycles. The molecule has 7 heteroatoms. The van der Waals surface area contributed by atoms with Crippen molar-refractivity contribution in [3.8, 4) is 0 Å². The van der Waals surface area contributed by atoms with E-state index in [4.69, 9.17) is 9.73 Å². The van der Waals surface area contributed by atoms with E-state index >= 15 is 0 Å². The minimum absolute atomic E-state index is 0. The molecule has 6 nitrogen and oxygen atoms in total. The first kappa shape index (κ1) is 22.9. The maximum absolute atomic E-state index is 5.82. The van der Waals surface area contributed by atoms with Crippen molar-refractivity contribution < 1.29 is 4.74 Å². The quantitative estimate of drug-likeness (QED) is 0.247. The molecule has 2 N–H and O–H groups in total. The predicted molar refractivity (Wildman–Crippen MR) is 116 cm³/mol. The number of aliphatic imine (C=N–C) groups is 1. The molecular formula is C18H38IN5O. The van der Waals surface area contributed by atoms with Crippen LogP contribution in [0.15, 0.2) is 4.99 Å². The Morgan fingerprint density at radius 3 is 2.56 bits per heavy atom. The van der Waals surface area contributed by atoms with Gasteiger partial charge in [0.25, 0.3) is 0 Å². The minimum Gasteiger partial charge on any atom is -0.373 e. The Hall–Kier alpha value is -0.120. The summed E-state index contributed by atoms with van der Waals surface area (Å²) in [6.45, 7) is 13.8. The zero-order valence-corrected chi connectivity index (χ0v) is 18.7. The fourth-order valence-corrected chi connectivity index (χ4v) is 3.29. The smallest absolute Gasteiger partial charge is 0.191 e. The molecule has 0 amide bonds. The van der Waals surface area contributed by atoms with Gasteiger partial charge in [-0.25, -0.2) is 0 Å². The van der Waals surface area contributed by atoms with Gasteiger partial charge >= 0.3 is 0 Å². The summed E-state index contributed by atoms with van der Waals surface area (Å²) in [4.78, 5) is 9.71. The molecule has 0 aliphatic carbocycles. The average Bonchev–Trinajstić information content (AvgIpc) is 3.01. The molecule has 0 aromatic carbocycles. The molecule has 2 aliphatic rings. The van der Waals surface area contributed by atoms with Crippen molar-refractivity contribution in [3.63, 3.8) is 0 Å². The fourth-order valence-electron chi connectivity index (χ4n) is 3.29. The van der Waals surface area contributed by atoms with Crippen molar-refractivity contribution in [1.82, 2.24) is 20.4 Å². The SMILES string of the molecule is CCNC(=NCC1(C)CCCO1)NCCCCN1CCN(C)CC1.I. The fraction of sp³-hybridized carbons (Fsp3) is 0.944. The number of nitrogens with one attached hydrogen (secondary N) is 2. The van der Waals surface area contributed by atoms with Crippen LogP contribution in [0.2, 0.25) is 0 Å². The van der Waals surface area contributed by atoms with Crippen molar-refractivity contribution in [1.29, 1.82) is 0 Å². The van der Waals surface area contributed by atoms with Gasteiger partial charge in [0, 0.05) is 45.9 Å². The highest BCUT2D eigenvalue weighted by atomic mass is 127. The number of hydrogen-bond acceptors (Lipinski definition) is 4. The van der Waals surface area contributed by atoms with Crippen LogP contribution in [0.4, 0.5) is 0 Å². The summed E-state index contributed by atoms with van der Waals surface area (Å²) in [6.07, 6.45) is 4.70. The second-order valence-corrected chi connectivity index (χ2v) is 7.38. The number of piperazine rings is 1. The Kier molecular flexibility index (Phi) is 11.3. The van der Waals surface area contributed by atoms with Gasteiger partial charge in [-0.15, -0.1) is 24.0 Å². The van der Waals surface area contributed by atoms with Gasteiger partial charge in [0.05, 0.1) is 12.1 Å². The summed E-state index contributed by atoms with van der Waals surface area (Å²) in [5, 5.41) is 6.80. The maximum atomic E-state index is 5.82. The van der Waals surface area contributed by atoms with Gasteiger partial charge in [0.2, 0.25) is 0 Å². The van der Waals surface area contributed by atoms with Crippen LogP contribution in [0.1, 0.15) is 39.5 Å². The molecule has 0 aromatic rings. The Labute approximate surface area is 171 Å². The molecule has 0 radical (unpaired) electrons. The lowest BCUT2D eigenvalue weighted by Gasteiger charge is -2.32. The summed E-state index contributed by atoms with van der Waals surface area (Å²) in [5.41, 5.74) is -0.0657. The maximum Gasteiger partial charge on any atom is 0.191 e. The molecule has 0 bridgehead atoms. The van der Waals surface area contributed by atoms with E-state index in [1.807, 2.05) is 0 Å². The van der Waals surface area contributed by atoms with Gasteiger partial charge in [0.15, 0.2) is 5.96 Å². The second-order valence-electron chi connectivity index (χ2n) is 7.38. The summed E-state index contributed by atoms with van der Waals surface area (Å²) < 4.78 is 5.82. The normalized spacial score (nSPS) is 25.6. The zero-order chi connectivity index (χ0) is 17.3. The molecule has 25 heavy (non-hydrogen) atoms. The lowest BCUT2D eigenvalue weighted by Crippen LogP contribution is -2.44. The van der Waals surface area contributed by atoms with Gasteiger partial charge in [0.1, 0.15) is 0 Å². The molecule has 2 rings (SSSR count). The highest BCUT2D eigenvalue weighted by Gasteiger charge is 2.29. The third-order valence-corrected chi connectivity index (χ3v) is 5.01. The number of likely N-dealkylation sites (N-methyl/N-ethyl adjacent to an activating group) is 1. The third-order valence-electron chi connectivity index (χ3n) is 5.01. The first-order chi connectivity index (χ1) is 11.6. The zero-order valence-electron chi connectivity index (χ0n) is 16.4. The summed E-state index contributed by atoms with van der Waals surface area (Å²) in [6, 6.07) is 0. The molecule has 2 heterocycles. The van der Waals surface area contributed by atoms with E-state index in [1.165, 1.54) is 45.6 Å². The van der Waals surface area contributed by atoms with Crippen molar-refractivity contribution in [2.24, 2.45) is 4.99 Å². The van der Waals surface area contributed by atoms with Crippen molar-refractivity contribution in [2.75, 3.05) is 66.0 Å². The summed E-state index contributed by atoms with van der Waals surface area (Å²) in [5.74, 6) is 0.925. The van der Waals surface area contributed by atoms with Crippen LogP contribution in [-0.4, -0.2) is 87.4 Å². The van der Waals surface area contributed by atoms with Gasteiger partial charge in [-0.05, 0) is 53.1 Å². The van der Waals surface area contributed by atoms with E-state index in [-0.39, 0.29) is 29.6 Å². The van der Waals surface area contributed by atoms with E-state index < -0.39 is 0 Å². The molecule has 0 saturated carbocycles. The number of halogens is 1. The molecule has 0 spiro atoms. The van der Waals surface area contributed by atoms with Crippen LogP contribution in [0.25, 0.3) is 0 Å². The molecule has 148 valence electrons. The number of nitrogens with zero attached hydrogens (tertiary/aromatic N) is 3. The minimum atomic E-state index is -0.0657. The van der Waals surface area contributed by atoms with Crippen molar-refractivity contribution >= 4 is 29.9 Å². The van der Waals surface area contributed by atoms with Crippen molar-refractivity contribution in [3.05, 3.63) is 0 Å². The largest absolute Gasteiger partial charge is 0.373 e. The van der Waals surface area contributed by atoms with E-state index in [0.717, 1.165) is 45.0 Å². The van der Waals surface area contributed by atoms with E-state index in [2.05, 4.69) is 41.3 Å². The second kappa shape index (κ2) is 12.3. The molecule has 1 unspecified atom stereocenters. The highest BCUT2D eigenvalue weighted by Crippen LogP contribution is 2.24. The number of ether oxygens (including phenoxy) is 1. The lowest BCUT2D eigenvalue weighted by molar-refractivity contribution is 0.0283. The Morgan fingerprint density at radius 1 is 1.16 bits per heavy atom. The summed E-state index contributed by atoms with van der Waals surface area (Å²) in [7, 11) is 2.21. The number of hydrogen-bond donors (Lipinski definition) is 2. The van der Waals surface area contributed by atoms with Gasteiger partial charge in [-0.1, -0.05) is 0 Å². The topological polar surface area (TPSA) is 52.1 Å². The Bertz CT molecular complexity index is 380. The number of unbranched alkanes of at least 4 members (excludes halogenated alkanes) is 1. The van der Waals surface area contributed by atoms with E-state index in [0.29, 0.717) is 0 Å². The number of guanidine groups is 1. The van der Waals surface area contributed by atoms with Crippen LogP contribution < -0.4 is 10.6 Å². The van der Waals surface area contributed by atoms with Gasteiger partial charge in [-0.3, -0.25) is 4.99 Å². The van der Waals surface area contributed by atoms with Crippen molar-refractivity contribution in [2.45, 2.75) is 45.1 Å². The lowest BCUT2D eigenvalue weighted by atomic mass is 10.0. The van der Waals surface area contributed by atoms with Crippen LogP contribution in [0, 0.1) is 0 Å². The summed E-state index contributed by atoms with van der Waals surface area (Å²) >= 11 is 0. The monoisotopic (exact) mass is 467 g/mol. The standard InChI is InChI=1S/C18H37N5O.HI/c1-4-19-17(21-16-18(2)8-7-15-24-18)20-9-5-6-10-23-13-11-22(3)12-14-23;/h4-16H2,1-3H3,(H2,19,20,21);1H. The third kappa shape index (κ3) is 8.88. The average molecular weight is 467 g/mol. The Balaban J connectivity index is 0.00000312. The van der Waals surface area contributed by atoms with Crippen LogP contribution in [0.3, 0.4) is 0 Å². The first-order valence-electron chi connectivity index (χ1n) is 9.68. The van der Waals surface area contributed by atoms with Crippen LogP contribution in [0.5, 0.6) is 0 Å².